The first kappa shape index (κ1) is 21.0. The average Bonchev–Trinajstić information content (AvgIpc) is 2.80. The van der Waals surface area contributed by atoms with Crippen LogP contribution in [0.5, 0.6) is 0 Å². The van der Waals surface area contributed by atoms with E-state index in [0.717, 1.165) is 16.8 Å². The van der Waals surface area contributed by atoms with Crippen molar-refractivity contribution >= 4 is 8.32 Å². The Hall–Kier alpha value is -1.33. The first-order valence-electron chi connectivity index (χ1n) is 8.41. The number of aliphatic hydroxyl groups excluding tert-OH is 2. The van der Waals surface area contributed by atoms with Gasteiger partial charge in [0, 0.05) is 12.3 Å². The Balaban J connectivity index is 2.46. The van der Waals surface area contributed by atoms with Crippen LogP contribution in [0.25, 0.3) is 0 Å². The fourth-order valence-electron chi connectivity index (χ4n) is 2.62. The van der Waals surface area contributed by atoms with Crippen molar-refractivity contribution in [3.63, 3.8) is 0 Å². The monoisotopic (exact) mass is 390 g/mol. The second-order valence-electron chi connectivity index (χ2n) is 8.15. The normalized spacial score (nSPS) is 26.2. The van der Waals surface area contributed by atoms with E-state index in [2.05, 4.69) is 0 Å². The number of aromatic amines is 1. The van der Waals surface area contributed by atoms with Crippen LogP contribution in [0.3, 0.4) is 0 Å². The first-order chi connectivity index (χ1) is 11.9. The summed E-state index contributed by atoms with van der Waals surface area (Å²) in [6.45, 7) is 8.40. The predicted octanol–water partition coefficient (Wildman–Crippen LogP) is 0.517. The van der Waals surface area contributed by atoms with Gasteiger partial charge in [0.05, 0.1) is 13.2 Å². The van der Waals surface area contributed by atoms with Gasteiger partial charge in [-0.15, -0.1) is 0 Å². The van der Waals surface area contributed by atoms with Crippen LogP contribution in [-0.2, 0) is 9.16 Å². The molecular weight excluding hydrogens is 363 g/mol. The van der Waals surface area contributed by atoms with E-state index in [1.54, 1.807) is 0 Å². The number of rotatable bonds is 5. The molecule has 2 rings (SSSR count). The molecule has 1 fully saturated rings. The summed E-state index contributed by atoms with van der Waals surface area (Å²) in [5, 5.41) is 19.4. The number of ether oxygens (including phenoxy) is 1. The van der Waals surface area contributed by atoms with E-state index in [1.165, 1.54) is 0 Å². The number of halogens is 1. The largest absolute Gasteiger partial charge is 0.408 e. The van der Waals surface area contributed by atoms with Gasteiger partial charge < -0.3 is 19.4 Å². The van der Waals surface area contributed by atoms with Crippen LogP contribution in [0.2, 0.25) is 18.1 Å². The number of hydrogen-bond acceptors (Lipinski definition) is 6. The van der Waals surface area contributed by atoms with Gasteiger partial charge >= 0.3 is 5.69 Å². The number of hydrogen-bond donors (Lipinski definition) is 3. The van der Waals surface area contributed by atoms with Crippen LogP contribution in [0.15, 0.2) is 21.9 Å². The Morgan fingerprint density at radius 2 is 1.92 bits per heavy atom. The van der Waals surface area contributed by atoms with Crippen molar-refractivity contribution in [2.75, 3.05) is 13.2 Å². The fourth-order valence-corrected chi connectivity index (χ4v) is 3.95. The van der Waals surface area contributed by atoms with Gasteiger partial charge in [-0.3, -0.25) is 14.3 Å². The molecule has 8 nitrogen and oxygen atoms in total. The summed E-state index contributed by atoms with van der Waals surface area (Å²) in [6, 6.07) is 1.07. The maximum absolute atomic E-state index is 15.3. The maximum Gasteiger partial charge on any atom is 0.330 e. The van der Waals surface area contributed by atoms with Crippen LogP contribution < -0.4 is 11.2 Å². The maximum atomic E-state index is 15.3. The molecule has 3 atom stereocenters. The van der Waals surface area contributed by atoms with Gasteiger partial charge in [0.15, 0.2) is 20.7 Å². The SMILES string of the molecule is CC(C)(C)[Si](C)(C)O[C@H]1[C@H](F)[C@H](n2ccc(=O)[nH]c2=O)OC1(CO)CO. The topological polar surface area (TPSA) is 114 Å². The molecule has 0 bridgehead atoms. The quantitative estimate of drug-likeness (QED) is 0.632. The van der Waals surface area contributed by atoms with E-state index in [9.17, 15) is 19.8 Å². The summed E-state index contributed by atoms with van der Waals surface area (Å²) in [5.74, 6) is 0. The highest BCUT2D eigenvalue weighted by molar-refractivity contribution is 6.74. The Bertz CT molecular complexity index is 752. The van der Waals surface area contributed by atoms with Gasteiger partial charge in [0.1, 0.15) is 11.7 Å². The molecule has 0 spiro atoms. The van der Waals surface area contributed by atoms with Crippen LogP contribution in [-0.4, -0.2) is 59.2 Å². The number of aromatic nitrogens is 2. The van der Waals surface area contributed by atoms with Gasteiger partial charge in [0.25, 0.3) is 5.56 Å². The first-order valence-corrected chi connectivity index (χ1v) is 11.3. The molecule has 148 valence electrons. The number of nitrogens with zero attached hydrogens (tertiary/aromatic N) is 1. The summed E-state index contributed by atoms with van der Waals surface area (Å²) in [6.07, 6.45) is -3.41. The number of H-pyrrole nitrogens is 1. The van der Waals surface area contributed by atoms with E-state index < -0.39 is 56.9 Å². The van der Waals surface area contributed by atoms with E-state index in [1.807, 2.05) is 38.8 Å². The smallest absolute Gasteiger partial charge is 0.330 e. The Kier molecular flexibility index (Phi) is 5.65. The van der Waals surface area contributed by atoms with Crippen LogP contribution >= 0.6 is 0 Å². The van der Waals surface area contributed by atoms with Crippen LogP contribution in [0.1, 0.15) is 27.0 Å². The Labute approximate surface area is 151 Å². The molecular formula is C16H27FN2O6Si. The summed E-state index contributed by atoms with van der Waals surface area (Å²) in [5.41, 5.74) is -3.16. The third-order valence-corrected chi connectivity index (χ3v) is 9.78. The number of nitrogens with one attached hydrogen (secondary N) is 1. The molecule has 0 unspecified atom stereocenters. The standard InChI is InChI=1S/C16H27FN2O6Si/c1-15(2,3)26(4,5)25-12-11(17)13(24-16(12,8-20)9-21)19-7-6-10(22)18-14(19)23/h6-7,11-13,20-21H,8-9H2,1-5H3,(H,18,22,23)/t11-,12-,13+/m0/s1. The number of alkyl halides is 1. The van der Waals surface area contributed by atoms with Crippen molar-refractivity contribution in [3.05, 3.63) is 33.1 Å². The Morgan fingerprint density at radius 1 is 1.35 bits per heavy atom. The van der Waals surface area contributed by atoms with Crippen molar-refractivity contribution in [2.45, 2.75) is 63.0 Å². The van der Waals surface area contributed by atoms with E-state index >= 15 is 4.39 Å². The highest BCUT2D eigenvalue weighted by atomic mass is 28.4. The third-order valence-electron chi connectivity index (χ3n) is 5.32. The molecule has 26 heavy (non-hydrogen) atoms. The van der Waals surface area contributed by atoms with Crippen molar-refractivity contribution in [3.8, 4) is 0 Å². The highest BCUT2D eigenvalue weighted by Crippen LogP contribution is 2.45. The molecule has 1 aromatic heterocycles. The van der Waals surface area contributed by atoms with Gasteiger partial charge in [0.2, 0.25) is 0 Å². The van der Waals surface area contributed by atoms with Gasteiger partial charge in [-0.2, -0.15) is 0 Å². The summed E-state index contributed by atoms with van der Waals surface area (Å²) < 4.78 is 27.9. The zero-order chi connectivity index (χ0) is 19.9. The van der Waals surface area contributed by atoms with Crippen molar-refractivity contribution in [2.24, 2.45) is 0 Å². The minimum atomic E-state index is -2.47. The van der Waals surface area contributed by atoms with Gasteiger partial charge in [-0.25, -0.2) is 9.18 Å². The zero-order valence-corrected chi connectivity index (χ0v) is 16.7. The lowest BCUT2D eigenvalue weighted by molar-refractivity contribution is -0.148. The molecule has 1 aromatic rings. The van der Waals surface area contributed by atoms with E-state index in [0.29, 0.717) is 0 Å². The third kappa shape index (κ3) is 3.56. The minimum Gasteiger partial charge on any atom is -0.408 e. The van der Waals surface area contributed by atoms with E-state index in [-0.39, 0.29) is 5.04 Å². The summed E-state index contributed by atoms with van der Waals surface area (Å²) >= 11 is 0. The number of aliphatic hydroxyl groups is 2. The fraction of sp³-hybridized carbons (Fsp3) is 0.750. The van der Waals surface area contributed by atoms with Crippen molar-refractivity contribution in [1.29, 1.82) is 0 Å². The average molecular weight is 390 g/mol. The second-order valence-corrected chi connectivity index (χ2v) is 12.9. The lowest BCUT2D eigenvalue weighted by atomic mass is 9.98. The summed E-state index contributed by atoms with van der Waals surface area (Å²) in [7, 11) is -2.47. The molecule has 1 aliphatic heterocycles. The molecule has 0 saturated carbocycles. The lowest BCUT2D eigenvalue weighted by Crippen LogP contribution is -2.56. The van der Waals surface area contributed by atoms with E-state index in [4.69, 9.17) is 9.16 Å². The molecule has 2 heterocycles. The van der Waals surface area contributed by atoms with Crippen LogP contribution in [0, 0.1) is 0 Å². The molecule has 0 radical (unpaired) electrons. The Morgan fingerprint density at radius 3 is 2.38 bits per heavy atom. The molecule has 3 N–H and O–H groups in total. The molecule has 0 aromatic carbocycles. The molecule has 1 aliphatic rings. The highest BCUT2D eigenvalue weighted by Gasteiger charge is 2.59. The lowest BCUT2D eigenvalue weighted by Gasteiger charge is -2.42. The molecule has 1 saturated heterocycles. The van der Waals surface area contributed by atoms with Gasteiger partial charge in [-0.05, 0) is 18.1 Å². The molecule has 0 aliphatic carbocycles. The van der Waals surface area contributed by atoms with Crippen LogP contribution in [0.4, 0.5) is 4.39 Å². The zero-order valence-electron chi connectivity index (χ0n) is 15.7. The molecule has 10 heteroatoms. The van der Waals surface area contributed by atoms with Crippen molar-refractivity contribution in [1.82, 2.24) is 9.55 Å². The van der Waals surface area contributed by atoms with Gasteiger partial charge in [-0.1, -0.05) is 20.8 Å². The predicted molar refractivity (Wildman–Crippen MR) is 95.3 cm³/mol. The molecule has 0 amide bonds. The van der Waals surface area contributed by atoms with Crippen molar-refractivity contribution < 1.29 is 23.8 Å². The minimum absolute atomic E-state index is 0.240. The second kappa shape index (κ2) is 7.00. The summed E-state index contributed by atoms with van der Waals surface area (Å²) in [4.78, 5) is 25.3.